The predicted molar refractivity (Wildman–Crippen MR) is 61.0 cm³/mol. The van der Waals surface area contributed by atoms with Gasteiger partial charge in [0.05, 0.1) is 6.61 Å². The summed E-state index contributed by atoms with van der Waals surface area (Å²) in [5, 5.41) is 11.9. The molecule has 1 aliphatic carbocycles. The normalized spacial score (nSPS) is 16.3. The highest BCUT2D eigenvalue weighted by Gasteiger charge is 2.36. The van der Waals surface area contributed by atoms with E-state index in [-0.39, 0.29) is 5.92 Å². The average molecular weight is 237 g/mol. The number of hydrogen-bond acceptors (Lipinski definition) is 5. The van der Waals surface area contributed by atoms with E-state index in [1.54, 1.807) is 12.3 Å². The summed E-state index contributed by atoms with van der Waals surface area (Å²) >= 11 is 0. The number of carboxylic acid groups (broad SMARTS) is 1. The summed E-state index contributed by atoms with van der Waals surface area (Å²) in [7, 11) is 0. The molecule has 1 atom stereocenters. The number of hydrogen-bond donors (Lipinski definition) is 2. The van der Waals surface area contributed by atoms with Gasteiger partial charge in [0.1, 0.15) is 6.04 Å². The molecule has 17 heavy (non-hydrogen) atoms. The first-order chi connectivity index (χ1) is 8.20. The van der Waals surface area contributed by atoms with Gasteiger partial charge in [0.15, 0.2) is 0 Å². The summed E-state index contributed by atoms with van der Waals surface area (Å²) in [6.07, 6.45) is 3.43. The van der Waals surface area contributed by atoms with Gasteiger partial charge in [-0.05, 0) is 25.7 Å². The predicted octanol–water partition coefficient (Wildman–Crippen LogP) is 1.15. The number of aliphatic carboxylic acids is 1. The zero-order valence-corrected chi connectivity index (χ0v) is 9.59. The van der Waals surface area contributed by atoms with Gasteiger partial charge in [-0.15, -0.1) is 0 Å². The van der Waals surface area contributed by atoms with E-state index in [0.29, 0.717) is 18.4 Å². The quantitative estimate of drug-likeness (QED) is 0.772. The van der Waals surface area contributed by atoms with Crippen LogP contribution in [0.4, 0.5) is 5.95 Å². The summed E-state index contributed by atoms with van der Waals surface area (Å²) in [6, 6.07) is 1.04. The standard InChI is InChI=1S/C11H15N3O3/c1-2-17-8-5-6-12-11(13-8)14-9(10(15)16)7-3-4-7/h5-7,9H,2-4H2,1H3,(H,15,16)(H,12,13,14). The number of rotatable bonds is 6. The van der Waals surface area contributed by atoms with Crippen molar-refractivity contribution in [1.29, 1.82) is 0 Å². The minimum absolute atomic E-state index is 0.187. The van der Waals surface area contributed by atoms with E-state index in [4.69, 9.17) is 9.84 Å². The Bertz CT molecular complexity index is 407. The number of nitrogens with one attached hydrogen (secondary N) is 1. The van der Waals surface area contributed by atoms with Crippen LogP contribution in [0.1, 0.15) is 19.8 Å². The van der Waals surface area contributed by atoms with Gasteiger partial charge in [-0.1, -0.05) is 0 Å². The smallest absolute Gasteiger partial charge is 0.326 e. The Kier molecular flexibility index (Phi) is 3.41. The van der Waals surface area contributed by atoms with Gasteiger partial charge in [0, 0.05) is 12.3 Å². The fraction of sp³-hybridized carbons (Fsp3) is 0.545. The van der Waals surface area contributed by atoms with E-state index in [9.17, 15) is 4.79 Å². The molecule has 6 nitrogen and oxygen atoms in total. The molecule has 2 rings (SSSR count). The van der Waals surface area contributed by atoms with Gasteiger partial charge in [0.25, 0.3) is 0 Å². The van der Waals surface area contributed by atoms with Crippen molar-refractivity contribution in [3.63, 3.8) is 0 Å². The van der Waals surface area contributed by atoms with Gasteiger partial charge in [-0.3, -0.25) is 0 Å². The number of anilines is 1. The second-order valence-electron chi connectivity index (χ2n) is 3.95. The SMILES string of the molecule is CCOc1ccnc(NC(C(=O)O)C2CC2)n1. The van der Waals surface area contributed by atoms with Crippen LogP contribution < -0.4 is 10.1 Å². The maximum atomic E-state index is 11.0. The van der Waals surface area contributed by atoms with Crippen LogP contribution >= 0.6 is 0 Å². The fourth-order valence-electron chi connectivity index (χ4n) is 1.59. The molecule has 1 fully saturated rings. The summed E-state index contributed by atoms with van der Waals surface area (Å²) in [4.78, 5) is 19.1. The van der Waals surface area contributed by atoms with Gasteiger partial charge in [-0.25, -0.2) is 9.78 Å². The zero-order valence-electron chi connectivity index (χ0n) is 9.59. The largest absolute Gasteiger partial charge is 0.480 e. The molecule has 0 aliphatic heterocycles. The molecule has 0 amide bonds. The Morgan fingerprint density at radius 3 is 3.06 bits per heavy atom. The maximum absolute atomic E-state index is 11.0. The molecule has 0 radical (unpaired) electrons. The third-order valence-corrected chi connectivity index (χ3v) is 2.57. The van der Waals surface area contributed by atoms with Crippen molar-refractivity contribution in [2.75, 3.05) is 11.9 Å². The molecular weight excluding hydrogens is 222 g/mol. The van der Waals surface area contributed by atoms with Crippen molar-refractivity contribution in [2.24, 2.45) is 5.92 Å². The molecule has 1 aromatic heterocycles. The van der Waals surface area contributed by atoms with E-state index >= 15 is 0 Å². The highest BCUT2D eigenvalue weighted by atomic mass is 16.5. The Morgan fingerprint density at radius 2 is 2.47 bits per heavy atom. The van der Waals surface area contributed by atoms with Gasteiger partial charge >= 0.3 is 5.97 Å². The first-order valence-corrected chi connectivity index (χ1v) is 5.66. The van der Waals surface area contributed by atoms with Crippen LogP contribution in [0.25, 0.3) is 0 Å². The van der Waals surface area contributed by atoms with Crippen LogP contribution in [-0.4, -0.2) is 33.7 Å². The molecule has 1 heterocycles. The summed E-state index contributed by atoms with van der Waals surface area (Å²) in [6.45, 7) is 2.38. The number of carboxylic acids is 1. The van der Waals surface area contributed by atoms with Crippen molar-refractivity contribution in [1.82, 2.24) is 9.97 Å². The zero-order chi connectivity index (χ0) is 12.3. The van der Waals surface area contributed by atoms with Gasteiger partial charge in [0.2, 0.25) is 11.8 Å². The number of ether oxygens (including phenoxy) is 1. The Hall–Kier alpha value is -1.85. The highest BCUT2D eigenvalue weighted by molar-refractivity contribution is 5.77. The second-order valence-corrected chi connectivity index (χ2v) is 3.95. The van der Waals surface area contributed by atoms with Crippen LogP contribution in [0.5, 0.6) is 5.88 Å². The minimum Gasteiger partial charge on any atom is -0.480 e. The van der Waals surface area contributed by atoms with Crippen molar-refractivity contribution in [3.8, 4) is 5.88 Å². The molecule has 92 valence electrons. The van der Waals surface area contributed by atoms with Crippen LogP contribution in [0, 0.1) is 5.92 Å². The molecule has 0 saturated heterocycles. The van der Waals surface area contributed by atoms with E-state index in [2.05, 4.69) is 15.3 Å². The maximum Gasteiger partial charge on any atom is 0.326 e. The van der Waals surface area contributed by atoms with Gasteiger partial charge in [-0.2, -0.15) is 4.98 Å². The second kappa shape index (κ2) is 4.99. The van der Waals surface area contributed by atoms with Crippen LogP contribution in [0.3, 0.4) is 0 Å². The molecule has 6 heteroatoms. The number of nitrogens with zero attached hydrogens (tertiary/aromatic N) is 2. The highest BCUT2D eigenvalue weighted by Crippen LogP contribution is 2.34. The first kappa shape index (κ1) is 11.6. The van der Waals surface area contributed by atoms with Crippen LogP contribution in [0.2, 0.25) is 0 Å². The fourth-order valence-corrected chi connectivity index (χ4v) is 1.59. The summed E-state index contributed by atoms with van der Waals surface area (Å²) < 4.78 is 5.23. The number of carbonyl (C=O) groups is 1. The molecule has 0 spiro atoms. The van der Waals surface area contributed by atoms with Crippen molar-refractivity contribution >= 4 is 11.9 Å². The third-order valence-electron chi connectivity index (χ3n) is 2.57. The average Bonchev–Trinajstić information content (AvgIpc) is 3.10. The third kappa shape index (κ3) is 3.05. The molecular formula is C11H15N3O3. The van der Waals surface area contributed by atoms with Gasteiger partial charge < -0.3 is 15.2 Å². The molecule has 0 aromatic carbocycles. The molecule has 1 saturated carbocycles. The lowest BCUT2D eigenvalue weighted by Gasteiger charge is -2.13. The Balaban J connectivity index is 2.05. The van der Waals surface area contributed by atoms with Crippen molar-refractivity contribution in [3.05, 3.63) is 12.3 Å². The van der Waals surface area contributed by atoms with Crippen molar-refractivity contribution < 1.29 is 14.6 Å². The minimum atomic E-state index is -0.863. The van der Waals surface area contributed by atoms with E-state index < -0.39 is 12.0 Å². The molecule has 1 aliphatic rings. The Labute approximate surface area is 99.0 Å². The summed E-state index contributed by atoms with van der Waals surface area (Å²) in [5.41, 5.74) is 0. The van der Waals surface area contributed by atoms with E-state index in [1.165, 1.54) is 0 Å². The van der Waals surface area contributed by atoms with Crippen LogP contribution in [-0.2, 0) is 4.79 Å². The Morgan fingerprint density at radius 1 is 1.71 bits per heavy atom. The number of aromatic nitrogens is 2. The molecule has 1 unspecified atom stereocenters. The summed E-state index contributed by atoms with van der Waals surface area (Å²) in [5.74, 6) is 0.0740. The topological polar surface area (TPSA) is 84.3 Å². The van der Waals surface area contributed by atoms with Crippen molar-refractivity contribution in [2.45, 2.75) is 25.8 Å². The molecule has 2 N–H and O–H groups in total. The monoisotopic (exact) mass is 237 g/mol. The van der Waals surface area contributed by atoms with E-state index in [0.717, 1.165) is 12.8 Å². The van der Waals surface area contributed by atoms with Crippen LogP contribution in [0.15, 0.2) is 12.3 Å². The lowest BCUT2D eigenvalue weighted by molar-refractivity contribution is -0.138. The lowest BCUT2D eigenvalue weighted by Crippen LogP contribution is -2.32. The molecule has 0 bridgehead atoms. The molecule has 1 aromatic rings. The first-order valence-electron chi connectivity index (χ1n) is 5.66. The lowest BCUT2D eigenvalue weighted by atomic mass is 10.2. The van der Waals surface area contributed by atoms with E-state index in [1.807, 2.05) is 6.92 Å².